The van der Waals surface area contributed by atoms with Crippen LogP contribution in [0.2, 0.25) is 0 Å². The first kappa shape index (κ1) is 21.2. The van der Waals surface area contributed by atoms with Gasteiger partial charge in [-0.25, -0.2) is 0 Å². The van der Waals surface area contributed by atoms with Gasteiger partial charge in [0.05, 0.1) is 0 Å². The molecule has 1 nitrogen and oxygen atoms in total. The Morgan fingerprint density at radius 1 is 0.810 bits per heavy atom. The molecule has 0 aromatic heterocycles. The van der Waals surface area contributed by atoms with Gasteiger partial charge in [-0.15, -0.1) is 12.4 Å². The second kappa shape index (κ2) is 15.2. The van der Waals surface area contributed by atoms with Gasteiger partial charge in [0.15, 0.2) is 0 Å². The van der Waals surface area contributed by atoms with Gasteiger partial charge in [-0.3, -0.25) is 0 Å². The Kier molecular flexibility index (Phi) is 15.3. The highest BCUT2D eigenvalue weighted by atomic mass is 35.5. The molecule has 1 heterocycles. The average molecular weight is 318 g/mol. The fourth-order valence-electron chi connectivity index (χ4n) is 3.55. The summed E-state index contributed by atoms with van der Waals surface area (Å²) >= 11 is 0. The van der Waals surface area contributed by atoms with E-state index in [9.17, 15) is 0 Å². The molecule has 0 aromatic rings. The summed E-state index contributed by atoms with van der Waals surface area (Å²) in [4.78, 5) is 2.75. The van der Waals surface area contributed by atoms with Crippen molar-refractivity contribution in [3.63, 3.8) is 0 Å². The molecule has 2 heteroatoms. The van der Waals surface area contributed by atoms with Crippen LogP contribution >= 0.6 is 12.4 Å². The fraction of sp³-hybridized carbons (Fsp3) is 1.00. The number of piperidine rings is 1. The Labute approximate surface area is 140 Å². The smallest absolute Gasteiger partial charge is 0.000966 e. The molecule has 0 aromatic carbocycles. The van der Waals surface area contributed by atoms with Crippen LogP contribution in [0.15, 0.2) is 0 Å². The number of unbranched alkanes of at least 4 members (excludes halogenated alkanes) is 8. The number of nitrogens with zero attached hydrogens (tertiary/aromatic N) is 1. The van der Waals surface area contributed by atoms with E-state index in [0.29, 0.717) is 0 Å². The van der Waals surface area contributed by atoms with Gasteiger partial charge in [0.25, 0.3) is 0 Å². The van der Waals surface area contributed by atoms with Gasteiger partial charge in [0, 0.05) is 6.54 Å². The Balaban J connectivity index is 0.00000400. The van der Waals surface area contributed by atoms with E-state index < -0.39 is 0 Å². The summed E-state index contributed by atoms with van der Waals surface area (Å²) in [5.74, 6) is 1.01. The number of hydrogen-bond acceptors (Lipinski definition) is 1. The first-order chi connectivity index (χ1) is 9.86. The maximum atomic E-state index is 2.75. The van der Waals surface area contributed by atoms with Crippen molar-refractivity contribution < 1.29 is 0 Å². The third-order valence-electron chi connectivity index (χ3n) is 4.90. The van der Waals surface area contributed by atoms with E-state index >= 15 is 0 Å². The summed E-state index contributed by atoms with van der Waals surface area (Å²) < 4.78 is 0. The molecule has 0 N–H and O–H groups in total. The molecule has 1 aliphatic rings. The van der Waals surface area contributed by atoms with Gasteiger partial charge in [0.2, 0.25) is 0 Å². The van der Waals surface area contributed by atoms with Crippen molar-refractivity contribution in [2.24, 2.45) is 5.92 Å². The van der Waals surface area contributed by atoms with Crippen LogP contribution in [0, 0.1) is 5.92 Å². The molecule has 0 bridgehead atoms. The highest BCUT2D eigenvalue weighted by molar-refractivity contribution is 5.85. The lowest BCUT2D eigenvalue weighted by Crippen LogP contribution is -2.36. The zero-order valence-electron chi connectivity index (χ0n) is 14.7. The number of rotatable bonds is 12. The zero-order chi connectivity index (χ0) is 14.5. The van der Waals surface area contributed by atoms with Crippen molar-refractivity contribution in [2.45, 2.75) is 97.3 Å². The molecule has 1 rings (SSSR count). The Hall–Kier alpha value is 0.250. The third kappa shape index (κ3) is 11.5. The van der Waals surface area contributed by atoms with Crippen LogP contribution in [0.25, 0.3) is 0 Å². The van der Waals surface area contributed by atoms with E-state index in [2.05, 4.69) is 18.7 Å². The molecule has 21 heavy (non-hydrogen) atoms. The van der Waals surface area contributed by atoms with Gasteiger partial charge in [0.1, 0.15) is 0 Å². The lowest BCUT2D eigenvalue weighted by atomic mass is 9.92. The quantitative estimate of drug-likeness (QED) is 0.374. The van der Waals surface area contributed by atoms with Crippen molar-refractivity contribution >= 4 is 12.4 Å². The first-order valence-corrected chi connectivity index (χ1v) is 9.59. The van der Waals surface area contributed by atoms with Crippen LogP contribution in [0.5, 0.6) is 0 Å². The molecule has 1 fully saturated rings. The van der Waals surface area contributed by atoms with Gasteiger partial charge in [-0.2, -0.15) is 0 Å². The second-order valence-corrected chi connectivity index (χ2v) is 6.93. The Morgan fingerprint density at radius 2 is 1.43 bits per heavy atom. The van der Waals surface area contributed by atoms with Crippen molar-refractivity contribution in [3.05, 3.63) is 0 Å². The Morgan fingerprint density at radius 3 is 2.10 bits per heavy atom. The summed E-state index contributed by atoms with van der Waals surface area (Å²) in [6, 6.07) is 0. The van der Waals surface area contributed by atoms with Gasteiger partial charge in [-0.05, 0) is 44.7 Å². The van der Waals surface area contributed by atoms with E-state index in [1.54, 1.807) is 0 Å². The molecule has 0 spiro atoms. The van der Waals surface area contributed by atoms with Crippen molar-refractivity contribution in [3.8, 4) is 0 Å². The molecule has 1 atom stereocenters. The lowest BCUT2D eigenvalue weighted by Gasteiger charge is -2.32. The van der Waals surface area contributed by atoms with Gasteiger partial charge < -0.3 is 4.90 Å². The minimum atomic E-state index is 0. The monoisotopic (exact) mass is 317 g/mol. The SMILES string of the molecule is CCCCCCCCCCN1CCCC(CCCC)C1.Cl. The standard InChI is InChI=1S/C19H39N.ClH/c1-3-5-7-8-9-10-11-12-16-20-17-13-15-19(18-20)14-6-4-2;/h19H,3-18H2,1-2H3;1H. The topological polar surface area (TPSA) is 3.24 Å². The minimum absolute atomic E-state index is 0. The van der Waals surface area contributed by atoms with Crippen LogP contribution in [0.3, 0.4) is 0 Å². The normalized spacial score (nSPS) is 19.4. The summed E-state index contributed by atoms with van der Waals surface area (Å²) in [7, 11) is 0. The van der Waals surface area contributed by atoms with Crippen molar-refractivity contribution in [2.75, 3.05) is 19.6 Å². The summed E-state index contributed by atoms with van der Waals surface area (Å²) in [5.41, 5.74) is 0. The van der Waals surface area contributed by atoms with Gasteiger partial charge >= 0.3 is 0 Å². The predicted molar refractivity (Wildman–Crippen MR) is 98.5 cm³/mol. The van der Waals surface area contributed by atoms with E-state index in [4.69, 9.17) is 0 Å². The van der Waals surface area contributed by atoms with Crippen molar-refractivity contribution in [1.29, 1.82) is 0 Å². The molecular formula is C19H40ClN. The molecular weight excluding hydrogens is 278 g/mol. The number of halogens is 1. The molecule has 0 radical (unpaired) electrons. The van der Waals surface area contributed by atoms with Crippen LogP contribution in [-0.4, -0.2) is 24.5 Å². The zero-order valence-corrected chi connectivity index (χ0v) is 15.6. The Bertz CT molecular complexity index is 208. The highest BCUT2D eigenvalue weighted by Crippen LogP contribution is 2.22. The van der Waals surface area contributed by atoms with E-state index in [1.807, 2.05) is 0 Å². The van der Waals surface area contributed by atoms with Crippen molar-refractivity contribution in [1.82, 2.24) is 4.90 Å². The maximum absolute atomic E-state index is 2.75. The third-order valence-corrected chi connectivity index (χ3v) is 4.90. The van der Waals surface area contributed by atoms with Crippen LogP contribution < -0.4 is 0 Å². The summed E-state index contributed by atoms with van der Waals surface area (Å²) in [6.45, 7) is 8.76. The van der Waals surface area contributed by atoms with Crippen LogP contribution in [-0.2, 0) is 0 Å². The maximum Gasteiger partial charge on any atom is 0.000966 e. The van der Waals surface area contributed by atoms with Crippen LogP contribution in [0.1, 0.15) is 97.3 Å². The molecule has 1 saturated heterocycles. The predicted octanol–water partition coefficient (Wildman–Crippen LogP) is 6.45. The first-order valence-electron chi connectivity index (χ1n) is 9.59. The molecule has 128 valence electrons. The fourth-order valence-corrected chi connectivity index (χ4v) is 3.55. The lowest BCUT2D eigenvalue weighted by molar-refractivity contribution is 0.164. The summed E-state index contributed by atoms with van der Waals surface area (Å²) in [6.07, 6.45) is 18.8. The molecule has 1 aliphatic heterocycles. The van der Waals surface area contributed by atoms with Crippen LogP contribution in [0.4, 0.5) is 0 Å². The van der Waals surface area contributed by atoms with E-state index in [0.717, 1.165) is 5.92 Å². The average Bonchev–Trinajstić information content (AvgIpc) is 2.48. The summed E-state index contributed by atoms with van der Waals surface area (Å²) in [5, 5.41) is 0. The van der Waals surface area contributed by atoms with E-state index in [-0.39, 0.29) is 12.4 Å². The molecule has 0 amide bonds. The minimum Gasteiger partial charge on any atom is -0.303 e. The second-order valence-electron chi connectivity index (χ2n) is 6.93. The number of hydrogen-bond donors (Lipinski definition) is 0. The largest absolute Gasteiger partial charge is 0.303 e. The molecule has 0 aliphatic carbocycles. The highest BCUT2D eigenvalue weighted by Gasteiger charge is 2.18. The van der Waals surface area contributed by atoms with E-state index in [1.165, 1.54) is 103 Å². The molecule has 0 saturated carbocycles. The molecule has 1 unspecified atom stereocenters. The van der Waals surface area contributed by atoms with Gasteiger partial charge in [-0.1, -0.05) is 71.6 Å². The number of likely N-dealkylation sites (tertiary alicyclic amines) is 1.